The zero-order valence-electron chi connectivity index (χ0n) is 11.1. The van der Waals surface area contributed by atoms with Crippen LogP contribution in [0.25, 0.3) is 0 Å². The van der Waals surface area contributed by atoms with Crippen LogP contribution in [-0.2, 0) is 0 Å². The Morgan fingerprint density at radius 1 is 0.600 bits per heavy atom. The van der Waals surface area contributed by atoms with Gasteiger partial charge in [-0.15, -0.1) is 0 Å². The molecule has 0 spiro atoms. The average molecular weight is 288 g/mol. The summed E-state index contributed by atoms with van der Waals surface area (Å²) in [5.74, 6) is -1.25. The quantitative estimate of drug-likeness (QED) is 0.154. The SMILES string of the molecule is C1CNCCN1.N=C(N)NC(=N)N.N=C(N)NC(=N)N. The van der Waals surface area contributed by atoms with Crippen LogP contribution < -0.4 is 44.2 Å². The minimum atomic E-state index is -0.312. The largest absolute Gasteiger partial charge is 0.370 e. The molecule has 0 unspecified atom stereocenters. The first kappa shape index (κ1) is 19.7. The highest BCUT2D eigenvalue weighted by molar-refractivity contribution is 5.94. The van der Waals surface area contributed by atoms with Crippen LogP contribution in [0.2, 0.25) is 0 Å². The third-order valence-corrected chi connectivity index (χ3v) is 1.50. The molecule has 1 rings (SSSR count). The van der Waals surface area contributed by atoms with Crippen molar-refractivity contribution in [1.82, 2.24) is 21.3 Å². The Bertz CT molecular complexity index is 258. The van der Waals surface area contributed by atoms with Gasteiger partial charge in [0.25, 0.3) is 0 Å². The summed E-state index contributed by atoms with van der Waals surface area (Å²) >= 11 is 0. The molecule has 1 aliphatic rings. The minimum Gasteiger partial charge on any atom is -0.370 e. The Balaban J connectivity index is 0. The van der Waals surface area contributed by atoms with Gasteiger partial charge < -0.3 is 33.6 Å². The molecule has 0 aromatic carbocycles. The second-order valence-corrected chi connectivity index (χ2v) is 3.40. The molecule has 1 saturated heterocycles. The molecule has 16 N–H and O–H groups in total. The fourth-order valence-corrected chi connectivity index (χ4v) is 0.894. The molecule has 0 saturated carbocycles. The lowest BCUT2D eigenvalue weighted by Gasteiger charge is -2.11. The first-order valence-electron chi connectivity index (χ1n) is 5.57. The topological polar surface area (TPSA) is 248 Å². The van der Waals surface area contributed by atoms with Gasteiger partial charge in [0.15, 0.2) is 23.8 Å². The molecule has 1 heterocycles. The van der Waals surface area contributed by atoms with Gasteiger partial charge in [0, 0.05) is 26.2 Å². The van der Waals surface area contributed by atoms with Crippen molar-refractivity contribution in [2.45, 2.75) is 0 Å². The van der Waals surface area contributed by atoms with Crippen molar-refractivity contribution < 1.29 is 0 Å². The highest BCUT2D eigenvalue weighted by Crippen LogP contribution is 1.65. The zero-order chi connectivity index (χ0) is 16.0. The van der Waals surface area contributed by atoms with Crippen molar-refractivity contribution in [3.05, 3.63) is 0 Å². The van der Waals surface area contributed by atoms with Crippen LogP contribution in [0, 0.1) is 21.6 Å². The van der Waals surface area contributed by atoms with E-state index in [9.17, 15) is 0 Å². The Morgan fingerprint density at radius 3 is 0.850 bits per heavy atom. The predicted molar refractivity (Wildman–Crippen MR) is 79.7 cm³/mol. The number of nitrogens with two attached hydrogens (primary N) is 4. The van der Waals surface area contributed by atoms with Crippen molar-refractivity contribution in [3.8, 4) is 0 Å². The fourth-order valence-electron chi connectivity index (χ4n) is 0.894. The Kier molecular flexibility index (Phi) is 12.7. The summed E-state index contributed by atoms with van der Waals surface area (Å²) in [4.78, 5) is 0. The lowest BCUT2D eigenvalue weighted by molar-refractivity contribution is 0.534. The van der Waals surface area contributed by atoms with Gasteiger partial charge in [0.2, 0.25) is 0 Å². The van der Waals surface area contributed by atoms with E-state index in [0.29, 0.717) is 0 Å². The summed E-state index contributed by atoms with van der Waals surface area (Å²) in [6, 6.07) is 0. The summed E-state index contributed by atoms with van der Waals surface area (Å²) in [6.45, 7) is 4.56. The van der Waals surface area contributed by atoms with E-state index in [0.717, 1.165) is 26.2 Å². The van der Waals surface area contributed by atoms with E-state index in [4.69, 9.17) is 44.6 Å². The zero-order valence-corrected chi connectivity index (χ0v) is 11.1. The van der Waals surface area contributed by atoms with E-state index in [-0.39, 0.29) is 23.8 Å². The molecular weight excluding hydrogens is 264 g/mol. The number of piperazine rings is 1. The smallest absolute Gasteiger partial charge is 0.192 e. The van der Waals surface area contributed by atoms with Gasteiger partial charge in [0.05, 0.1) is 0 Å². The van der Waals surface area contributed by atoms with E-state index in [2.05, 4.69) is 10.6 Å². The van der Waals surface area contributed by atoms with Gasteiger partial charge in [-0.1, -0.05) is 0 Å². The molecule has 0 atom stereocenters. The average Bonchev–Trinajstić information content (AvgIpc) is 2.29. The van der Waals surface area contributed by atoms with Crippen LogP contribution in [0.3, 0.4) is 0 Å². The highest BCUT2D eigenvalue weighted by Gasteiger charge is 1.91. The summed E-state index contributed by atoms with van der Waals surface area (Å²) < 4.78 is 0. The van der Waals surface area contributed by atoms with Crippen LogP contribution in [0.4, 0.5) is 0 Å². The first-order chi connectivity index (χ1) is 9.25. The van der Waals surface area contributed by atoms with Crippen molar-refractivity contribution in [1.29, 1.82) is 21.6 Å². The Labute approximate surface area is 117 Å². The van der Waals surface area contributed by atoms with E-state index >= 15 is 0 Å². The van der Waals surface area contributed by atoms with Gasteiger partial charge in [-0.2, -0.15) is 0 Å². The molecule has 0 radical (unpaired) electrons. The van der Waals surface area contributed by atoms with Crippen LogP contribution in [0.1, 0.15) is 0 Å². The third kappa shape index (κ3) is 24.6. The van der Waals surface area contributed by atoms with Gasteiger partial charge >= 0.3 is 0 Å². The normalized spacial score (nSPS) is 12.4. The third-order valence-electron chi connectivity index (χ3n) is 1.50. The van der Waals surface area contributed by atoms with E-state index in [1.165, 1.54) is 0 Å². The van der Waals surface area contributed by atoms with Crippen LogP contribution in [0.15, 0.2) is 0 Å². The number of hydrogen-bond donors (Lipinski definition) is 12. The Hall–Kier alpha value is -2.60. The highest BCUT2D eigenvalue weighted by atomic mass is 15.1. The molecule has 12 nitrogen and oxygen atoms in total. The molecule has 0 aromatic heterocycles. The van der Waals surface area contributed by atoms with Gasteiger partial charge in [-0.3, -0.25) is 32.3 Å². The van der Waals surface area contributed by atoms with Crippen LogP contribution in [-0.4, -0.2) is 50.0 Å². The lowest BCUT2D eigenvalue weighted by Crippen LogP contribution is -2.39. The summed E-state index contributed by atoms with van der Waals surface area (Å²) in [5, 5.41) is 36.4. The molecule has 0 amide bonds. The number of guanidine groups is 4. The summed E-state index contributed by atoms with van der Waals surface area (Å²) in [6.07, 6.45) is 0. The van der Waals surface area contributed by atoms with Crippen molar-refractivity contribution in [3.63, 3.8) is 0 Å². The lowest BCUT2D eigenvalue weighted by atomic mass is 10.4. The van der Waals surface area contributed by atoms with Crippen molar-refractivity contribution in [2.24, 2.45) is 22.9 Å². The summed E-state index contributed by atoms with van der Waals surface area (Å²) in [7, 11) is 0. The van der Waals surface area contributed by atoms with Crippen molar-refractivity contribution in [2.75, 3.05) is 26.2 Å². The molecule has 0 aromatic rings. The van der Waals surface area contributed by atoms with Crippen LogP contribution >= 0.6 is 0 Å². The van der Waals surface area contributed by atoms with E-state index in [1.807, 2.05) is 10.6 Å². The fraction of sp³-hybridized carbons (Fsp3) is 0.500. The molecule has 1 aliphatic heterocycles. The second kappa shape index (κ2) is 12.8. The standard InChI is InChI=1S/C4H10N2.2C2H7N5/c1-2-6-4-3-5-1;2*3-1(4)7-2(5)6/h5-6H,1-4H2;2*(H7,3,4,5,6,7). The molecule has 20 heavy (non-hydrogen) atoms. The maximum Gasteiger partial charge on any atom is 0.192 e. The van der Waals surface area contributed by atoms with Crippen LogP contribution in [0.5, 0.6) is 0 Å². The number of rotatable bonds is 0. The maximum absolute atomic E-state index is 6.47. The number of hydrogen-bond acceptors (Lipinski definition) is 6. The first-order valence-corrected chi connectivity index (χ1v) is 5.57. The van der Waals surface area contributed by atoms with E-state index < -0.39 is 0 Å². The van der Waals surface area contributed by atoms with Crippen molar-refractivity contribution >= 4 is 23.8 Å². The second-order valence-electron chi connectivity index (χ2n) is 3.40. The Morgan fingerprint density at radius 2 is 0.800 bits per heavy atom. The predicted octanol–water partition coefficient (Wildman–Crippen LogP) is -4.09. The molecule has 0 aliphatic carbocycles. The molecule has 1 fully saturated rings. The minimum absolute atomic E-state index is 0.312. The summed E-state index contributed by atoms with van der Waals surface area (Å²) in [5.41, 5.74) is 19.0. The molecule has 116 valence electrons. The monoisotopic (exact) mass is 288 g/mol. The maximum atomic E-state index is 6.47. The number of nitrogens with one attached hydrogen (secondary N) is 8. The van der Waals surface area contributed by atoms with Gasteiger partial charge in [-0.25, -0.2) is 0 Å². The van der Waals surface area contributed by atoms with Gasteiger partial charge in [0.1, 0.15) is 0 Å². The molecule has 12 heteroatoms. The van der Waals surface area contributed by atoms with E-state index in [1.54, 1.807) is 0 Å². The molecule has 0 bridgehead atoms. The molecular formula is C8H24N12. The van der Waals surface area contributed by atoms with Gasteiger partial charge in [-0.05, 0) is 0 Å².